The van der Waals surface area contributed by atoms with E-state index >= 15 is 0 Å². The van der Waals surface area contributed by atoms with E-state index in [1.165, 1.54) is 0 Å². The zero-order chi connectivity index (χ0) is 14.9. The van der Waals surface area contributed by atoms with Gasteiger partial charge in [0.2, 0.25) is 0 Å². The number of imidazole rings is 1. The third-order valence-corrected chi connectivity index (χ3v) is 3.18. The van der Waals surface area contributed by atoms with Crippen LogP contribution in [0.5, 0.6) is 11.5 Å². The van der Waals surface area contributed by atoms with Crippen LogP contribution >= 0.6 is 0 Å². The molecule has 0 atom stereocenters. The zero-order valence-corrected chi connectivity index (χ0v) is 12.7. The molecule has 0 radical (unpaired) electrons. The Morgan fingerprint density at radius 2 is 2.24 bits per heavy atom. The maximum atomic E-state index is 5.90. The highest BCUT2D eigenvalue weighted by Crippen LogP contribution is 2.24. The number of rotatable bonds is 9. The number of hydrogen-bond donors (Lipinski definition) is 1. The second kappa shape index (κ2) is 8.32. The van der Waals surface area contributed by atoms with E-state index in [-0.39, 0.29) is 0 Å². The number of aromatic nitrogens is 2. The van der Waals surface area contributed by atoms with Crippen molar-refractivity contribution in [3.63, 3.8) is 0 Å². The first-order valence-electron chi connectivity index (χ1n) is 7.29. The zero-order valence-electron chi connectivity index (χ0n) is 12.7. The topological polar surface area (TPSA) is 48.3 Å². The van der Waals surface area contributed by atoms with Gasteiger partial charge < -0.3 is 19.4 Å². The normalized spacial score (nSPS) is 10.6. The van der Waals surface area contributed by atoms with Gasteiger partial charge in [-0.15, -0.1) is 0 Å². The van der Waals surface area contributed by atoms with Crippen LogP contribution in [0.1, 0.15) is 18.9 Å². The number of benzene rings is 1. The van der Waals surface area contributed by atoms with E-state index in [2.05, 4.69) is 17.2 Å². The number of ether oxygens (including phenoxy) is 2. The molecule has 5 heteroatoms. The Morgan fingerprint density at radius 1 is 1.33 bits per heavy atom. The van der Waals surface area contributed by atoms with E-state index in [1.54, 1.807) is 19.6 Å². The molecule has 1 aromatic heterocycles. The summed E-state index contributed by atoms with van der Waals surface area (Å²) >= 11 is 0. The molecule has 2 rings (SSSR count). The second-order valence-electron chi connectivity index (χ2n) is 4.80. The van der Waals surface area contributed by atoms with Crippen LogP contribution in [0.25, 0.3) is 0 Å². The lowest BCUT2D eigenvalue weighted by Gasteiger charge is -2.13. The molecule has 5 nitrogen and oxygen atoms in total. The highest BCUT2D eigenvalue weighted by molar-refractivity contribution is 5.40. The molecule has 0 bridgehead atoms. The van der Waals surface area contributed by atoms with E-state index in [0.29, 0.717) is 6.61 Å². The van der Waals surface area contributed by atoms with Gasteiger partial charge in [0.15, 0.2) is 0 Å². The summed E-state index contributed by atoms with van der Waals surface area (Å²) in [6.07, 6.45) is 6.61. The lowest BCUT2D eigenvalue weighted by molar-refractivity contribution is 0.294. The summed E-state index contributed by atoms with van der Waals surface area (Å²) < 4.78 is 13.2. The Bertz CT molecular complexity index is 526. The Morgan fingerprint density at radius 3 is 2.95 bits per heavy atom. The predicted octanol–water partition coefficient (Wildman–Crippen LogP) is 2.47. The van der Waals surface area contributed by atoms with Crippen molar-refractivity contribution in [2.24, 2.45) is 0 Å². The molecule has 0 aliphatic carbocycles. The summed E-state index contributed by atoms with van der Waals surface area (Å²) in [5, 5.41) is 3.40. The molecule has 1 N–H and O–H groups in total. The first-order valence-corrected chi connectivity index (χ1v) is 7.29. The van der Waals surface area contributed by atoms with Crippen molar-refractivity contribution in [2.45, 2.75) is 26.4 Å². The van der Waals surface area contributed by atoms with E-state index in [0.717, 1.165) is 43.1 Å². The van der Waals surface area contributed by atoms with Crippen LogP contribution in [0.4, 0.5) is 0 Å². The Kier molecular flexibility index (Phi) is 6.09. The quantitative estimate of drug-likeness (QED) is 0.720. The van der Waals surface area contributed by atoms with Crippen molar-refractivity contribution in [2.75, 3.05) is 20.3 Å². The molecular formula is C16H23N3O2. The third kappa shape index (κ3) is 4.79. The lowest BCUT2D eigenvalue weighted by Crippen LogP contribution is -2.15. The minimum Gasteiger partial charge on any atom is -0.497 e. The molecule has 114 valence electrons. The van der Waals surface area contributed by atoms with Crippen LogP contribution in [-0.4, -0.2) is 29.8 Å². The summed E-state index contributed by atoms with van der Waals surface area (Å²) in [6, 6.07) is 5.92. The van der Waals surface area contributed by atoms with E-state index in [9.17, 15) is 0 Å². The summed E-state index contributed by atoms with van der Waals surface area (Å²) in [5.41, 5.74) is 1.12. The van der Waals surface area contributed by atoms with Crippen molar-refractivity contribution in [3.05, 3.63) is 42.5 Å². The predicted molar refractivity (Wildman–Crippen MR) is 82.7 cm³/mol. The number of nitrogens with zero attached hydrogens (tertiary/aromatic N) is 2. The molecular weight excluding hydrogens is 266 g/mol. The Labute approximate surface area is 125 Å². The van der Waals surface area contributed by atoms with Crippen molar-refractivity contribution in [1.29, 1.82) is 0 Å². The fraction of sp³-hybridized carbons (Fsp3) is 0.438. The average molecular weight is 289 g/mol. The molecule has 0 unspecified atom stereocenters. The van der Waals surface area contributed by atoms with E-state index in [4.69, 9.17) is 9.47 Å². The lowest BCUT2D eigenvalue weighted by atomic mass is 10.2. The summed E-state index contributed by atoms with van der Waals surface area (Å²) in [4.78, 5) is 4.02. The van der Waals surface area contributed by atoms with Crippen LogP contribution in [0, 0.1) is 0 Å². The fourth-order valence-corrected chi connectivity index (χ4v) is 2.04. The molecule has 0 aliphatic heterocycles. The van der Waals surface area contributed by atoms with Gasteiger partial charge >= 0.3 is 0 Å². The smallest absolute Gasteiger partial charge is 0.124 e. The second-order valence-corrected chi connectivity index (χ2v) is 4.80. The highest BCUT2D eigenvalue weighted by atomic mass is 16.5. The molecule has 21 heavy (non-hydrogen) atoms. The fourth-order valence-electron chi connectivity index (χ4n) is 2.04. The maximum absolute atomic E-state index is 5.90. The number of hydrogen-bond acceptors (Lipinski definition) is 4. The van der Waals surface area contributed by atoms with Gasteiger partial charge in [0.05, 0.1) is 20.0 Å². The van der Waals surface area contributed by atoms with Crippen LogP contribution in [-0.2, 0) is 13.1 Å². The average Bonchev–Trinajstić information content (AvgIpc) is 3.02. The van der Waals surface area contributed by atoms with Crippen LogP contribution in [0.3, 0.4) is 0 Å². The van der Waals surface area contributed by atoms with E-state index in [1.807, 2.05) is 29.0 Å². The van der Waals surface area contributed by atoms with Gasteiger partial charge in [-0.05, 0) is 31.2 Å². The molecule has 0 saturated heterocycles. The van der Waals surface area contributed by atoms with Crippen molar-refractivity contribution < 1.29 is 9.47 Å². The van der Waals surface area contributed by atoms with Gasteiger partial charge in [-0.2, -0.15) is 0 Å². The first kappa shape index (κ1) is 15.4. The SMILES string of the molecule is CCCNCc1cc(OC)ccc1OCCn1ccnc1. The van der Waals surface area contributed by atoms with Crippen molar-refractivity contribution in [1.82, 2.24) is 14.9 Å². The summed E-state index contributed by atoms with van der Waals surface area (Å²) in [6.45, 7) is 5.33. The van der Waals surface area contributed by atoms with Gasteiger partial charge in [0.1, 0.15) is 18.1 Å². The number of methoxy groups -OCH3 is 1. The van der Waals surface area contributed by atoms with Crippen molar-refractivity contribution in [3.8, 4) is 11.5 Å². The first-order chi connectivity index (χ1) is 10.3. The third-order valence-electron chi connectivity index (χ3n) is 3.18. The van der Waals surface area contributed by atoms with E-state index < -0.39 is 0 Å². The molecule has 0 fully saturated rings. The number of nitrogens with one attached hydrogen (secondary N) is 1. The van der Waals surface area contributed by atoms with Gasteiger partial charge in [0, 0.05) is 24.5 Å². The van der Waals surface area contributed by atoms with Gasteiger partial charge in [-0.1, -0.05) is 6.92 Å². The molecule has 0 saturated carbocycles. The summed E-state index contributed by atoms with van der Waals surface area (Å²) in [5.74, 6) is 1.75. The molecule has 0 aliphatic rings. The monoisotopic (exact) mass is 289 g/mol. The molecule has 1 heterocycles. The van der Waals surface area contributed by atoms with Gasteiger partial charge in [0.25, 0.3) is 0 Å². The molecule has 2 aromatic rings. The molecule has 0 amide bonds. The standard InChI is InChI=1S/C16H23N3O2/c1-3-6-17-12-14-11-15(20-2)4-5-16(14)21-10-9-19-8-7-18-13-19/h4-5,7-8,11,13,17H,3,6,9-10,12H2,1-2H3. The minimum atomic E-state index is 0.615. The van der Waals surface area contributed by atoms with Gasteiger partial charge in [-0.25, -0.2) is 4.98 Å². The Hall–Kier alpha value is -2.01. The Balaban J connectivity index is 1.95. The van der Waals surface area contributed by atoms with Gasteiger partial charge in [-0.3, -0.25) is 0 Å². The van der Waals surface area contributed by atoms with Crippen LogP contribution in [0.2, 0.25) is 0 Å². The van der Waals surface area contributed by atoms with Crippen molar-refractivity contribution >= 4 is 0 Å². The minimum absolute atomic E-state index is 0.615. The largest absolute Gasteiger partial charge is 0.497 e. The maximum Gasteiger partial charge on any atom is 0.124 e. The molecule has 1 aromatic carbocycles. The van der Waals surface area contributed by atoms with Crippen LogP contribution < -0.4 is 14.8 Å². The highest BCUT2D eigenvalue weighted by Gasteiger charge is 2.06. The summed E-state index contributed by atoms with van der Waals surface area (Å²) in [7, 11) is 1.68. The molecule has 0 spiro atoms. The van der Waals surface area contributed by atoms with Crippen LogP contribution in [0.15, 0.2) is 36.9 Å².